The third-order valence-corrected chi connectivity index (χ3v) is 1.86. The van der Waals surface area contributed by atoms with E-state index in [0.717, 1.165) is 4.90 Å². The molecule has 0 fully saturated rings. The largest absolute Gasteiger partial charge is 0.369 e. The average Bonchev–Trinajstić information content (AvgIpc) is 1.95. The lowest BCUT2D eigenvalue weighted by molar-refractivity contribution is 0.217. The zero-order chi connectivity index (χ0) is 10.4. The van der Waals surface area contributed by atoms with Gasteiger partial charge in [0.2, 0.25) is 0 Å². The Morgan fingerprint density at radius 2 is 1.69 bits per heavy atom. The molecular weight excluding hydrogens is 248 g/mol. The van der Waals surface area contributed by atoms with Gasteiger partial charge in [-0.25, -0.2) is 0 Å². The zero-order valence-corrected chi connectivity index (χ0v) is 9.93. The number of carbonyl (C=O) groups is 2. The molecule has 0 aliphatic heterocycles. The number of hydrogen-bond donors (Lipinski definition) is 4. The van der Waals surface area contributed by atoms with Gasteiger partial charge in [0.1, 0.15) is 4.32 Å². The van der Waals surface area contributed by atoms with Crippen LogP contribution >= 0.6 is 50.1 Å². The van der Waals surface area contributed by atoms with Crippen LogP contribution in [-0.2, 0) is 0 Å². The summed E-state index contributed by atoms with van der Waals surface area (Å²) in [7, 11) is 0. The molecule has 0 radical (unpaired) electrons. The quantitative estimate of drug-likeness (QED) is 0.453. The highest BCUT2D eigenvalue weighted by molar-refractivity contribution is 8.11. The van der Waals surface area contributed by atoms with Crippen LogP contribution in [0.2, 0.25) is 0 Å². The minimum absolute atomic E-state index is 0.158. The van der Waals surface area contributed by atoms with Crippen LogP contribution in [0.1, 0.15) is 0 Å². The molecule has 0 bridgehead atoms. The maximum atomic E-state index is 10.7. The van der Waals surface area contributed by atoms with Crippen molar-refractivity contribution in [3.05, 3.63) is 0 Å². The Morgan fingerprint density at radius 3 is 2.00 bits per heavy atom. The van der Waals surface area contributed by atoms with Gasteiger partial charge in [0.15, 0.2) is 0 Å². The van der Waals surface area contributed by atoms with E-state index in [-0.39, 0.29) is 6.54 Å². The SMILES string of the molecule is O=C(S)N(CCNC(=S)S)C(=O)S. The monoisotopic (exact) mass is 256 g/mol. The van der Waals surface area contributed by atoms with Crippen LogP contribution < -0.4 is 5.32 Å². The van der Waals surface area contributed by atoms with Crippen molar-refractivity contribution in [2.45, 2.75) is 0 Å². The molecule has 8 heteroatoms. The molecule has 1 N–H and O–H groups in total. The highest BCUT2D eigenvalue weighted by Crippen LogP contribution is 2.00. The number of nitrogens with one attached hydrogen (secondary N) is 1. The molecule has 0 rings (SSSR count). The summed E-state index contributed by atoms with van der Waals surface area (Å²) in [5.41, 5.74) is 0. The van der Waals surface area contributed by atoms with Crippen molar-refractivity contribution in [1.82, 2.24) is 10.2 Å². The lowest BCUT2D eigenvalue weighted by Gasteiger charge is -2.15. The van der Waals surface area contributed by atoms with Gasteiger partial charge in [-0.05, 0) is 0 Å². The molecule has 0 aromatic rings. The van der Waals surface area contributed by atoms with Gasteiger partial charge < -0.3 is 5.32 Å². The molecule has 13 heavy (non-hydrogen) atoms. The normalized spacial score (nSPS) is 9.15. The van der Waals surface area contributed by atoms with E-state index >= 15 is 0 Å². The van der Waals surface area contributed by atoms with Crippen molar-refractivity contribution in [3.63, 3.8) is 0 Å². The number of thiol groups is 3. The molecule has 0 saturated heterocycles. The molecule has 2 amide bonds. The maximum Gasteiger partial charge on any atom is 0.285 e. The predicted octanol–water partition coefficient (Wildman–Crippen LogP) is 1.19. The Kier molecular flexibility index (Phi) is 6.56. The van der Waals surface area contributed by atoms with Gasteiger partial charge >= 0.3 is 0 Å². The van der Waals surface area contributed by atoms with Crippen LogP contribution in [0.5, 0.6) is 0 Å². The first-order valence-electron chi connectivity index (χ1n) is 3.15. The highest BCUT2D eigenvalue weighted by Gasteiger charge is 2.14. The first-order valence-corrected chi connectivity index (χ1v) is 4.90. The van der Waals surface area contributed by atoms with E-state index in [1.165, 1.54) is 0 Å². The summed E-state index contributed by atoms with van der Waals surface area (Å²) in [5, 5.41) is 1.37. The van der Waals surface area contributed by atoms with Crippen molar-refractivity contribution >= 4 is 64.9 Å². The first kappa shape index (κ1) is 13.1. The number of carbonyl (C=O) groups excluding carboxylic acids is 2. The molecule has 0 spiro atoms. The average molecular weight is 256 g/mol. The van der Waals surface area contributed by atoms with Crippen LogP contribution in [0, 0.1) is 0 Å². The summed E-state index contributed by atoms with van der Waals surface area (Å²) in [6.45, 7) is 0.492. The number of thiocarbonyl (C=S) groups is 1. The van der Waals surface area contributed by atoms with E-state index in [2.05, 4.69) is 55.4 Å². The third kappa shape index (κ3) is 6.19. The number of nitrogens with zero attached hydrogens (tertiary/aromatic N) is 1. The molecule has 0 saturated carbocycles. The summed E-state index contributed by atoms with van der Waals surface area (Å²) >= 11 is 15.4. The Morgan fingerprint density at radius 1 is 1.23 bits per heavy atom. The van der Waals surface area contributed by atoms with E-state index < -0.39 is 10.5 Å². The van der Waals surface area contributed by atoms with Gasteiger partial charge in [0.05, 0.1) is 0 Å². The Hall–Kier alpha value is 0.0800. The molecular formula is C5H8N2O2S4. The van der Waals surface area contributed by atoms with Gasteiger partial charge in [-0.15, -0.1) is 12.6 Å². The molecule has 0 aromatic heterocycles. The van der Waals surface area contributed by atoms with Crippen LogP contribution in [0.25, 0.3) is 0 Å². The Bertz CT molecular complexity index is 219. The van der Waals surface area contributed by atoms with Gasteiger partial charge in [-0.2, -0.15) is 0 Å². The molecule has 0 heterocycles. The molecule has 0 atom stereocenters. The second-order valence-electron chi connectivity index (χ2n) is 1.95. The van der Waals surface area contributed by atoms with Crippen molar-refractivity contribution in [3.8, 4) is 0 Å². The highest BCUT2D eigenvalue weighted by atomic mass is 32.1. The number of hydrogen-bond acceptors (Lipinski definition) is 3. The maximum absolute atomic E-state index is 10.7. The van der Waals surface area contributed by atoms with E-state index in [1.807, 2.05) is 0 Å². The number of imide groups is 1. The third-order valence-electron chi connectivity index (χ3n) is 1.07. The van der Waals surface area contributed by atoms with Gasteiger partial charge in [-0.3, -0.25) is 14.5 Å². The summed E-state index contributed by atoms with van der Waals surface area (Å²) < 4.78 is 0.304. The van der Waals surface area contributed by atoms with Crippen molar-refractivity contribution in [1.29, 1.82) is 0 Å². The Balaban J connectivity index is 3.91. The number of rotatable bonds is 3. The minimum atomic E-state index is -0.646. The van der Waals surface area contributed by atoms with E-state index in [0.29, 0.717) is 10.9 Å². The van der Waals surface area contributed by atoms with E-state index in [9.17, 15) is 9.59 Å². The molecule has 0 aliphatic carbocycles. The predicted molar refractivity (Wildman–Crippen MR) is 65.1 cm³/mol. The summed E-state index contributed by atoms with van der Waals surface area (Å²) in [6.07, 6.45) is 0. The van der Waals surface area contributed by atoms with Gasteiger partial charge in [-0.1, -0.05) is 37.5 Å². The van der Waals surface area contributed by atoms with Gasteiger partial charge in [0, 0.05) is 13.1 Å². The fourth-order valence-electron chi connectivity index (χ4n) is 0.548. The molecule has 74 valence electrons. The van der Waals surface area contributed by atoms with E-state index in [4.69, 9.17) is 0 Å². The van der Waals surface area contributed by atoms with Crippen LogP contribution in [0.3, 0.4) is 0 Å². The molecule has 0 unspecified atom stereocenters. The number of amides is 2. The topological polar surface area (TPSA) is 49.4 Å². The fourth-order valence-corrected chi connectivity index (χ4v) is 1.22. The lowest BCUT2D eigenvalue weighted by atomic mass is 10.6. The summed E-state index contributed by atoms with van der Waals surface area (Å²) in [5.74, 6) is 0. The van der Waals surface area contributed by atoms with Gasteiger partial charge in [0.25, 0.3) is 10.5 Å². The summed E-state index contributed by atoms with van der Waals surface area (Å²) in [6, 6.07) is 0. The molecule has 0 aromatic carbocycles. The lowest BCUT2D eigenvalue weighted by Crippen LogP contribution is -2.36. The van der Waals surface area contributed by atoms with E-state index in [1.54, 1.807) is 0 Å². The first-order chi connectivity index (χ1) is 5.95. The standard InChI is InChI=1S/C5H8N2O2S4/c8-4(12)7(5(9)13)2-1-6-3(10)11/h1-2H2,(H,8,12)(H,9,13)(H2,6,10,11). The Labute approximate surface area is 97.7 Å². The van der Waals surface area contributed by atoms with Crippen molar-refractivity contribution < 1.29 is 9.59 Å². The molecule has 4 nitrogen and oxygen atoms in total. The van der Waals surface area contributed by atoms with Crippen LogP contribution in [-0.4, -0.2) is 32.8 Å². The van der Waals surface area contributed by atoms with Crippen molar-refractivity contribution in [2.24, 2.45) is 0 Å². The summed E-state index contributed by atoms with van der Waals surface area (Å²) in [4.78, 5) is 22.3. The fraction of sp³-hybridized carbons (Fsp3) is 0.400. The minimum Gasteiger partial charge on any atom is -0.369 e. The second kappa shape index (κ2) is 6.52. The zero-order valence-electron chi connectivity index (χ0n) is 6.43. The van der Waals surface area contributed by atoms with Crippen LogP contribution in [0.15, 0.2) is 0 Å². The van der Waals surface area contributed by atoms with Crippen molar-refractivity contribution in [2.75, 3.05) is 13.1 Å². The smallest absolute Gasteiger partial charge is 0.285 e. The molecule has 0 aliphatic rings. The van der Waals surface area contributed by atoms with Crippen LogP contribution in [0.4, 0.5) is 9.59 Å². The second-order valence-corrected chi connectivity index (χ2v) is 3.87.